The van der Waals surface area contributed by atoms with E-state index in [-0.39, 0.29) is 17.4 Å². The summed E-state index contributed by atoms with van der Waals surface area (Å²) in [7, 11) is -3.69. The van der Waals surface area contributed by atoms with E-state index in [4.69, 9.17) is 5.73 Å². The lowest BCUT2D eigenvalue weighted by Gasteiger charge is -2.30. The zero-order chi connectivity index (χ0) is 14.3. The molecule has 0 bridgehead atoms. The van der Waals surface area contributed by atoms with Gasteiger partial charge in [-0.05, 0) is 6.07 Å². The molecule has 20 heavy (non-hydrogen) atoms. The van der Waals surface area contributed by atoms with Crippen LogP contribution in [0.3, 0.4) is 0 Å². The number of sulfonamides is 1. The van der Waals surface area contributed by atoms with E-state index in [0.29, 0.717) is 16.9 Å². The molecule has 0 saturated carbocycles. The second kappa shape index (κ2) is 4.31. The molecule has 7 heteroatoms. The van der Waals surface area contributed by atoms with Crippen LogP contribution in [0.5, 0.6) is 0 Å². The smallest absolute Gasteiger partial charge is 0.268 e. The molecular weight excluding hydrogens is 276 g/mol. The SMILES string of the molecule is C=CCN1c2ccccc2-c2nc(N)ncc2S1(=O)=O. The van der Waals surface area contributed by atoms with Crippen molar-refractivity contribution in [2.75, 3.05) is 16.6 Å². The Bertz CT molecular complexity index is 802. The van der Waals surface area contributed by atoms with Crippen LogP contribution in [0, 0.1) is 0 Å². The summed E-state index contributed by atoms with van der Waals surface area (Å²) in [6.45, 7) is 3.79. The molecule has 1 aliphatic rings. The molecule has 0 radical (unpaired) electrons. The van der Waals surface area contributed by atoms with Gasteiger partial charge >= 0.3 is 0 Å². The lowest BCUT2D eigenvalue weighted by molar-refractivity contribution is 0.591. The highest BCUT2D eigenvalue weighted by Crippen LogP contribution is 2.41. The van der Waals surface area contributed by atoms with Crippen LogP contribution in [0.15, 0.2) is 48.0 Å². The summed E-state index contributed by atoms with van der Waals surface area (Å²) in [5.41, 5.74) is 7.20. The second-order valence-electron chi connectivity index (χ2n) is 4.28. The normalized spacial score (nSPS) is 15.3. The minimum Gasteiger partial charge on any atom is -0.368 e. The molecular formula is C13H12N4O2S. The number of para-hydroxylation sites is 1. The summed E-state index contributed by atoms with van der Waals surface area (Å²) in [6.07, 6.45) is 2.79. The van der Waals surface area contributed by atoms with Crippen molar-refractivity contribution in [3.63, 3.8) is 0 Å². The van der Waals surface area contributed by atoms with Gasteiger partial charge in [-0.25, -0.2) is 18.4 Å². The molecule has 3 rings (SSSR count). The number of aromatic nitrogens is 2. The van der Waals surface area contributed by atoms with Crippen LogP contribution < -0.4 is 10.0 Å². The van der Waals surface area contributed by atoms with Crippen molar-refractivity contribution >= 4 is 21.7 Å². The van der Waals surface area contributed by atoms with Gasteiger partial charge < -0.3 is 5.73 Å². The fourth-order valence-electron chi connectivity index (χ4n) is 2.22. The largest absolute Gasteiger partial charge is 0.368 e. The third-order valence-corrected chi connectivity index (χ3v) is 4.85. The fraction of sp³-hybridized carbons (Fsp3) is 0.0769. The van der Waals surface area contributed by atoms with Crippen LogP contribution in [0.1, 0.15) is 0 Å². The number of rotatable bonds is 2. The van der Waals surface area contributed by atoms with E-state index in [2.05, 4.69) is 16.5 Å². The van der Waals surface area contributed by atoms with E-state index in [1.807, 2.05) is 12.1 Å². The quantitative estimate of drug-likeness (QED) is 0.844. The first-order chi connectivity index (χ1) is 9.55. The van der Waals surface area contributed by atoms with Crippen LogP contribution >= 0.6 is 0 Å². The molecule has 2 aromatic rings. The van der Waals surface area contributed by atoms with Gasteiger partial charge in [0.25, 0.3) is 10.0 Å². The summed E-state index contributed by atoms with van der Waals surface area (Å²) in [6, 6.07) is 7.15. The van der Waals surface area contributed by atoms with Gasteiger partial charge in [-0.15, -0.1) is 6.58 Å². The molecule has 0 saturated heterocycles. The van der Waals surface area contributed by atoms with E-state index < -0.39 is 10.0 Å². The van der Waals surface area contributed by atoms with Gasteiger partial charge in [-0.3, -0.25) is 4.31 Å². The Balaban J connectivity index is 2.39. The number of nitrogens with two attached hydrogens (primary N) is 1. The molecule has 0 aliphatic carbocycles. The van der Waals surface area contributed by atoms with Crippen LogP contribution in [0.2, 0.25) is 0 Å². The summed E-state index contributed by atoms with van der Waals surface area (Å²) >= 11 is 0. The Kier molecular flexibility index (Phi) is 2.72. The molecule has 2 heterocycles. The van der Waals surface area contributed by atoms with Gasteiger partial charge in [0, 0.05) is 5.56 Å². The molecule has 0 fully saturated rings. The van der Waals surface area contributed by atoms with Crippen molar-refractivity contribution in [3.05, 3.63) is 43.1 Å². The molecule has 0 atom stereocenters. The number of nitrogens with zero attached hydrogens (tertiary/aromatic N) is 3. The third-order valence-electron chi connectivity index (χ3n) is 3.06. The summed E-state index contributed by atoms with van der Waals surface area (Å²) in [5.74, 6) is 0.0472. The van der Waals surface area contributed by atoms with E-state index >= 15 is 0 Å². The molecule has 2 N–H and O–H groups in total. The highest BCUT2D eigenvalue weighted by Gasteiger charge is 2.35. The average molecular weight is 288 g/mol. The lowest BCUT2D eigenvalue weighted by Crippen LogP contribution is -2.35. The summed E-state index contributed by atoms with van der Waals surface area (Å²) in [4.78, 5) is 7.93. The van der Waals surface area contributed by atoms with E-state index in [9.17, 15) is 8.42 Å². The molecule has 0 spiro atoms. The number of benzene rings is 1. The van der Waals surface area contributed by atoms with Crippen molar-refractivity contribution < 1.29 is 8.42 Å². The predicted molar refractivity (Wildman–Crippen MR) is 76.6 cm³/mol. The topological polar surface area (TPSA) is 89.2 Å². The van der Waals surface area contributed by atoms with Crippen molar-refractivity contribution in [1.29, 1.82) is 0 Å². The van der Waals surface area contributed by atoms with Crippen LogP contribution in [-0.4, -0.2) is 24.9 Å². The third kappa shape index (κ3) is 1.67. The zero-order valence-electron chi connectivity index (χ0n) is 10.5. The Morgan fingerprint density at radius 1 is 1.35 bits per heavy atom. The Morgan fingerprint density at radius 3 is 2.85 bits per heavy atom. The molecule has 1 aromatic carbocycles. The van der Waals surface area contributed by atoms with Gasteiger partial charge in [0.15, 0.2) is 0 Å². The van der Waals surface area contributed by atoms with E-state index in [1.165, 1.54) is 16.6 Å². The molecule has 6 nitrogen and oxygen atoms in total. The first-order valence-electron chi connectivity index (χ1n) is 5.91. The molecule has 0 amide bonds. The maximum atomic E-state index is 12.6. The number of nitrogen functional groups attached to an aromatic ring is 1. The van der Waals surface area contributed by atoms with E-state index in [0.717, 1.165) is 0 Å². The molecule has 102 valence electrons. The number of hydrogen-bond acceptors (Lipinski definition) is 5. The first kappa shape index (κ1) is 12.6. The Morgan fingerprint density at radius 2 is 2.10 bits per heavy atom. The maximum Gasteiger partial charge on any atom is 0.268 e. The molecule has 0 unspecified atom stereocenters. The minimum atomic E-state index is -3.69. The minimum absolute atomic E-state index is 0.0472. The summed E-state index contributed by atoms with van der Waals surface area (Å²) < 4.78 is 26.5. The standard InChI is InChI=1S/C13H12N4O2S/c1-2-7-17-10-6-4-3-5-9(10)12-11(20(17,18)19)8-15-13(14)16-12/h2-6,8H,1,7H2,(H2,14,15,16). The van der Waals surface area contributed by atoms with Crippen molar-refractivity contribution in [2.45, 2.75) is 4.90 Å². The van der Waals surface area contributed by atoms with Gasteiger partial charge in [0.1, 0.15) is 4.90 Å². The van der Waals surface area contributed by atoms with Crippen molar-refractivity contribution in [3.8, 4) is 11.3 Å². The monoisotopic (exact) mass is 288 g/mol. The maximum absolute atomic E-state index is 12.6. The van der Waals surface area contributed by atoms with Crippen molar-refractivity contribution in [1.82, 2.24) is 9.97 Å². The Hall–Kier alpha value is -2.41. The second-order valence-corrected chi connectivity index (χ2v) is 6.11. The number of anilines is 2. The van der Waals surface area contributed by atoms with Crippen molar-refractivity contribution in [2.24, 2.45) is 0 Å². The zero-order valence-corrected chi connectivity index (χ0v) is 11.3. The average Bonchev–Trinajstić information content (AvgIpc) is 2.43. The van der Waals surface area contributed by atoms with E-state index in [1.54, 1.807) is 12.1 Å². The van der Waals surface area contributed by atoms with Crippen LogP contribution in [-0.2, 0) is 10.0 Å². The van der Waals surface area contributed by atoms with Gasteiger partial charge in [0.2, 0.25) is 5.95 Å². The lowest BCUT2D eigenvalue weighted by atomic mass is 10.1. The van der Waals surface area contributed by atoms with Gasteiger partial charge in [0.05, 0.1) is 24.1 Å². The van der Waals surface area contributed by atoms with Crippen LogP contribution in [0.25, 0.3) is 11.3 Å². The van der Waals surface area contributed by atoms with Gasteiger partial charge in [-0.1, -0.05) is 24.3 Å². The molecule has 1 aliphatic heterocycles. The number of hydrogen-bond donors (Lipinski definition) is 1. The van der Waals surface area contributed by atoms with Crippen LogP contribution in [0.4, 0.5) is 11.6 Å². The fourth-order valence-corrected chi connectivity index (χ4v) is 3.76. The highest BCUT2D eigenvalue weighted by molar-refractivity contribution is 7.93. The molecule has 1 aromatic heterocycles. The van der Waals surface area contributed by atoms with Gasteiger partial charge in [-0.2, -0.15) is 0 Å². The number of fused-ring (bicyclic) bond motifs is 3. The summed E-state index contributed by atoms with van der Waals surface area (Å²) in [5, 5.41) is 0. The predicted octanol–water partition coefficient (Wildman–Crippen LogP) is 1.42. The first-order valence-corrected chi connectivity index (χ1v) is 7.35. The highest BCUT2D eigenvalue weighted by atomic mass is 32.2. The Labute approximate surface area is 116 Å².